The van der Waals surface area contributed by atoms with E-state index in [1.165, 1.54) is 11.3 Å². The normalized spacial score (nSPS) is 15.2. The van der Waals surface area contributed by atoms with Crippen molar-refractivity contribution in [2.24, 2.45) is 0 Å². The van der Waals surface area contributed by atoms with Crippen LogP contribution in [0.25, 0.3) is 15.9 Å². The highest BCUT2D eigenvalue weighted by molar-refractivity contribution is 7.15. The van der Waals surface area contributed by atoms with Crippen molar-refractivity contribution in [1.29, 1.82) is 0 Å². The van der Waals surface area contributed by atoms with Gasteiger partial charge in [0.25, 0.3) is 11.5 Å². The van der Waals surface area contributed by atoms with Crippen LogP contribution in [-0.4, -0.2) is 56.3 Å². The quantitative estimate of drug-likeness (QED) is 0.459. The lowest BCUT2D eigenvalue weighted by atomic mass is 10.1. The fourth-order valence-electron chi connectivity index (χ4n) is 3.72. The van der Waals surface area contributed by atoms with Crippen LogP contribution in [0.2, 0.25) is 5.15 Å². The second-order valence-corrected chi connectivity index (χ2v) is 8.51. The maximum Gasteiger partial charge on any atom is 0.258 e. The zero-order valence-corrected chi connectivity index (χ0v) is 17.6. The minimum Gasteiger partial charge on any atom is -0.336 e. The molecule has 9 heteroatoms. The highest BCUT2D eigenvalue weighted by atomic mass is 35.5. The fourth-order valence-corrected chi connectivity index (χ4v) is 4.62. The number of hydrogen-bond donors (Lipinski definition) is 0. The Bertz CT molecular complexity index is 1310. The number of rotatable bonds is 3. The van der Waals surface area contributed by atoms with Crippen LogP contribution in [0.1, 0.15) is 16.1 Å². The van der Waals surface area contributed by atoms with Crippen LogP contribution in [0, 0.1) is 0 Å². The predicted octanol–water partition coefficient (Wildman–Crippen LogP) is 2.92. The third-order valence-corrected chi connectivity index (χ3v) is 6.27. The molecule has 0 aliphatic carbocycles. The summed E-state index contributed by atoms with van der Waals surface area (Å²) < 4.78 is 1.55. The van der Waals surface area contributed by atoms with E-state index in [1.807, 2.05) is 28.5 Å². The van der Waals surface area contributed by atoms with Gasteiger partial charge in [-0.05, 0) is 30.3 Å². The monoisotopic (exact) mass is 439 g/mol. The summed E-state index contributed by atoms with van der Waals surface area (Å²) in [5, 5.41) is 3.19. The molecule has 4 aromatic rings. The fraction of sp³-hybridized carbons (Fsp3) is 0.238. The molecule has 0 unspecified atom stereocenters. The third-order valence-electron chi connectivity index (χ3n) is 5.30. The zero-order chi connectivity index (χ0) is 20.7. The number of nitrogens with zero attached hydrogens (tertiary/aromatic N) is 5. The molecule has 3 aromatic heterocycles. The van der Waals surface area contributed by atoms with Crippen LogP contribution in [0.5, 0.6) is 0 Å². The van der Waals surface area contributed by atoms with Crippen LogP contribution in [0.15, 0.2) is 52.8 Å². The molecule has 1 aliphatic heterocycles. The van der Waals surface area contributed by atoms with Crippen LogP contribution in [0.3, 0.4) is 0 Å². The van der Waals surface area contributed by atoms with Crippen molar-refractivity contribution < 1.29 is 4.79 Å². The number of amides is 1. The second-order valence-electron chi connectivity index (χ2n) is 7.25. The molecule has 0 spiro atoms. The first-order valence-electron chi connectivity index (χ1n) is 9.60. The van der Waals surface area contributed by atoms with Gasteiger partial charge in [-0.15, -0.1) is 11.3 Å². The Kier molecular flexibility index (Phi) is 4.98. The van der Waals surface area contributed by atoms with Gasteiger partial charge < -0.3 is 4.90 Å². The Morgan fingerprint density at radius 3 is 2.73 bits per heavy atom. The molecule has 5 rings (SSSR count). The number of benzene rings is 1. The molecule has 0 bridgehead atoms. The molecule has 152 valence electrons. The Morgan fingerprint density at radius 1 is 1.07 bits per heavy atom. The molecule has 30 heavy (non-hydrogen) atoms. The van der Waals surface area contributed by atoms with Gasteiger partial charge in [0.1, 0.15) is 5.15 Å². The Morgan fingerprint density at radius 2 is 1.90 bits per heavy atom. The first kappa shape index (κ1) is 19.2. The lowest BCUT2D eigenvalue weighted by Crippen LogP contribution is -2.48. The Hall–Kier alpha value is -2.81. The summed E-state index contributed by atoms with van der Waals surface area (Å²) in [6.07, 6.45) is 1.74. The minimum absolute atomic E-state index is 0.0166. The van der Waals surface area contributed by atoms with Gasteiger partial charge in [-0.25, -0.2) is 9.97 Å². The van der Waals surface area contributed by atoms with Crippen molar-refractivity contribution in [3.63, 3.8) is 0 Å². The van der Waals surface area contributed by atoms with E-state index in [-0.39, 0.29) is 11.5 Å². The largest absolute Gasteiger partial charge is 0.336 e. The van der Waals surface area contributed by atoms with E-state index < -0.39 is 0 Å². The molecule has 0 N–H and O–H groups in total. The highest BCUT2D eigenvalue weighted by Gasteiger charge is 2.23. The maximum atomic E-state index is 12.9. The number of carbonyl (C=O) groups is 1. The number of carbonyl (C=O) groups excluding carboxylic acids is 1. The molecular formula is C21H18ClN5O2S. The highest BCUT2D eigenvalue weighted by Crippen LogP contribution is 2.19. The summed E-state index contributed by atoms with van der Waals surface area (Å²) >= 11 is 7.38. The van der Waals surface area contributed by atoms with Crippen LogP contribution in [-0.2, 0) is 6.54 Å². The average Bonchev–Trinajstić information content (AvgIpc) is 3.23. The molecule has 0 radical (unpaired) electrons. The summed E-state index contributed by atoms with van der Waals surface area (Å²) in [7, 11) is 0. The average molecular weight is 440 g/mol. The molecule has 0 atom stereocenters. The standard InChI is InChI=1S/C21H18ClN5O2S/c22-18-4-2-14-11-15(1-3-17(14)24-18)20(29)26-7-5-25(6-8-26)13-16-12-19(28)27-9-10-30-21(27)23-16/h1-4,9-12H,5-8,13H2. The van der Waals surface area contributed by atoms with Crippen LogP contribution < -0.4 is 5.56 Å². The minimum atomic E-state index is -0.0582. The molecule has 0 saturated carbocycles. The van der Waals surface area contributed by atoms with Gasteiger partial charge in [-0.2, -0.15) is 0 Å². The number of hydrogen-bond acceptors (Lipinski definition) is 6. The number of fused-ring (bicyclic) bond motifs is 2. The van der Waals surface area contributed by atoms with Crippen molar-refractivity contribution in [3.05, 3.63) is 74.7 Å². The number of piperazine rings is 1. The zero-order valence-electron chi connectivity index (χ0n) is 16.0. The number of pyridine rings is 1. The molecule has 7 nitrogen and oxygen atoms in total. The summed E-state index contributed by atoms with van der Waals surface area (Å²) in [6.45, 7) is 3.35. The van der Waals surface area contributed by atoms with E-state index in [2.05, 4.69) is 14.9 Å². The van der Waals surface area contributed by atoms with E-state index in [4.69, 9.17) is 11.6 Å². The number of thiazole rings is 1. The first-order chi connectivity index (χ1) is 14.6. The van der Waals surface area contributed by atoms with Gasteiger partial charge in [-0.1, -0.05) is 11.6 Å². The number of halogens is 1. The number of aromatic nitrogens is 3. The summed E-state index contributed by atoms with van der Waals surface area (Å²) in [6, 6.07) is 10.7. The van der Waals surface area contributed by atoms with E-state index in [1.54, 1.807) is 28.8 Å². The van der Waals surface area contributed by atoms with Crippen molar-refractivity contribution in [3.8, 4) is 0 Å². The topological polar surface area (TPSA) is 70.8 Å². The van der Waals surface area contributed by atoms with Crippen LogP contribution >= 0.6 is 22.9 Å². The Labute approximate surface area is 181 Å². The molecule has 1 fully saturated rings. The lowest BCUT2D eigenvalue weighted by Gasteiger charge is -2.34. The van der Waals surface area contributed by atoms with Gasteiger partial charge in [0, 0.05) is 61.3 Å². The van der Waals surface area contributed by atoms with E-state index in [9.17, 15) is 9.59 Å². The maximum absolute atomic E-state index is 12.9. The van der Waals surface area contributed by atoms with Gasteiger partial charge >= 0.3 is 0 Å². The van der Waals surface area contributed by atoms with E-state index in [0.29, 0.717) is 35.3 Å². The van der Waals surface area contributed by atoms with E-state index in [0.717, 1.165) is 29.7 Å². The summed E-state index contributed by atoms with van der Waals surface area (Å²) in [4.78, 5) is 38.7. The van der Waals surface area contributed by atoms with Gasteiger partial charge in [0.05, 0.1) is 11.2 Å². The van der Waals surface area contributed by atoms with E-state index >= 15 is 0 Å². The molecular weight excluding hydrogens is 422 g/mol. The lowest BCUT2D eigenvalue weighted by molar-refractivity contribution is 0.0627. The predicted molar refractivity (Wildman–Crippen MR) is 117 cm³/mol. The molecule has 1 aromatic carbocycles. The first-order valence-corrected chi connectivity index (χ1v) is 10.9. The van der Waals surface area contributed by atoms with Crippen molar-refractivity contribution in [2.45, 2.75) is 6.54 Å². The van der Waals surface area contributed by atoms with Crippen molar-refractivity contribution in [2.75, 3.05) is 26.2 Å². The molecule has 1 saturated heterocycles. The van der Waals surface area contributed by atoms with Crippen LogP contribution in [0.4, 0.5) is 0 Å². The van der Waals surface area contributed by atoms with Gasteiger partial charge in [0.2, 0.25) is 0 Å². The SMILES string of the molecule is O=C(c1ccc2nc(Cl)ccc2c1)N1CCN(Cc2cc(=O)n3ccsc3n2)CC1. The molecule has 1 amide bonds. The third kappa shape index (κ3) is 3.69. The second kappa shape index (κ2) is 7.79. The smallest absolute Gasteiger partial charge is 0.258 e. The molecule has 1 aliphatic rings. The summed E-state index contributed by atoms with van der Waals surface area (Å²) in [5.74, 6) is 0.0166. The van der Waals surface area contributed by atoms with Crippen molar-refractivity contribution in [1.82, 2.24) is 24.2 Å². The molecule has 4 heterocycles. The van der Waals surface area contributed by atoms with Crippen molar-refractivity contribution >= 4 is 44.7 Å². The Balaban J connectivity index is 1.25. The summed E-state index contributed by atoms with van der Waals surface area (Å²) in [5.41, 5.74) is 2.13. The van der Waals surface area contributed by atoms with Gasteiger partial charge in [0.15, 0.2) is 4.96 Å². The van der Waals surface area contributed by atoms with Gasteiger partial charge in [-0.3, -0.25) is 18.9 Å².